The van der Waals surface area contributed by atoms with Gasteiger partial charge in [0.05, 0.1) is 6.10 Å². The van der Waals surface area contributed by atoms with Crippen LogP contribution in [0, 0.1) is 6.92 Å². The number of hydrogen-bond acceptors (Lipinski definition) is 7. The molecule has 7 nitrogen and oxygen atoms in total. The molecule has 2 fully saturated rings. The van der Waals surface area contributed by atoms with Crippen LogP contribution >= 0.6 is 11.3 Å². The van der Waals surface area contributed by atoms with Crippen LogP contribution in [0.15, 0.2) is 20.9 Å². The smallest absolute Gasteiger partial charge is 0.255 e. The summed E-state index contributed by atoms with van der Waals surface area (Å²) in [6.07, 6.45) is 3.36. The van der Waals surface area contributed by atoms with Gasteiger partial charge in [-0.3, -0.25) is 0 Å². The quantitative estimate of drug-likeness (QED) is 0.841. The average molecular weight is 369 g/mol. The fourth-order valence-electron chi connectivity index (χ4n) is 2.75. The van der Waals surface area contributed by atoms with Crippen LogP contribution in [0.3, 0.4) is 0 Å². The Morgan fingerprint density at radius 2 is 2.12 bits per heavy atom. The summed E-state index contributed by atoms with van der Waals surface area (Å²) in [6, 6.07) is 3.42. The average Bonchev–Trinajstić information content (AvgIpc) is 2.97. The maximum Gasteiger partial charge on any atom is 0.255 e. The molecule has 130 valence electrons. The second-order valence-electron chi connectivity index (χ2n) is 6.31. The van der Waals surface area contributed by atoms with Crippen molar-refractivity contribution in [2.75, 3.05) is 6.54 Å². The lowest BCUT2D eigenvalue weighted by Gasteiger charge is -2.12. The summed E-state index contributed by atoms with van der Waals surface area (Å²) in [7, 11) is -3.47. The molecule has 1 saturated heterocycles. The van der Waals surface area contributed by atoms with Crippen LogP contribution in [-0.2, 0) is 14.8 Å². The first-order valence-corrected chi connectivity index (χ1v) is 10.4. The van der Waals surface area contributed by atoms with E-state index in [1.165, 1.54) is 11.3 Å². The summed E-state index contributed by atoms with van der Waals surface area (Å²) in [5.41, 5.74) is 0. The Hall–Kier alpha value is -1.29. The van der Waals surface area contributed by atoms with E-state index in [4.69, 9.17) is 9.26 Å². The molecule has 0 aromatic carbocycles. The minimum absolute atomic E-state index is 0.179. The minimum Gasteiger partial charge on any atom is -0.364 e. The normalized spacial score (nSPS) is 24.5. The molecule has 9 heteroatoms. The van der Waals surface area contributed by atoms with Gasteiger partial charge in [0.15, 0.2) is 5.82 Å². The van der Waals surface area contributed by atoms with Gasteiger partial charge in [0, 0.05) is 17.3 Å². The van der Waals surface area contributed by atoms with E-state index in [1.807, 2.05) is 6.92 Å². The predicted molar refractivity (Wildman–Crippen MR) is 87.4 cm³/mol. The molecule has 1 aliphatic heterocycles. The number of ether oxygens (including phenoxy) is 1. The molecule has 3 heterocycles. The van der Waals surface area contributed by atoms with Gasteiger partial charge in [0.25, 0.3) is 5.89 Å². The van der Waals surface area contributed by atoms with Crippen LogP contribution in [0.4, 0.5) is 0 Å². The second-order valence-corrected chi connectivity index (χ2v) is 9.59. The van der Waals surface area contributed by atoms with Gasteiger partial charge in [-0.05, 0) is 44.7 Å². The van der Waals surface area contributed by atoms with Gasteiger partial charge in [-0.1, -0.05) is 5.16 Å². The third-order valence-corrected chi connectivity index (χ3v) is 7.18. The molecule has 2 aromatic heterocycles. The van der Waals surface area contributed by atoms with Gasteiger partial charge in [-0.15, -0.1) is 11.3 Å². The van der Waals surface area contributed by atoms with Crippen molar-refractivity contribution in [2.45, 2.75) is 54.9 Å². The Morgan fingerprint density at radius 1 is 1.29 bits per heavy atom. The third kappa shape index (κ3) is 3.39. The topological polar surface area (TPSA) is 94.3 Å². The maximum atomic E-state index is 12.2. The van der Waals surface area contributed by atoms with Crippen molar-refractivity contribution in [2.24, 2.45) is 0 Å². The summed E-state index contributed by atoms with van der Waals surface area (Å²) in [4.78, 5) is 5.38. The van der Waals surface area contributed by atoms with Crippen molar-refractivity contribution < 1.29 is 17.7 Å². The molecule has 0 amide bonds. The number of nitrogens with zero attached hydrogens (tertiary/aromatic N) is 2. The Balaban J connectivity index is 1.33. The second kappa shape index (κ2) is 6.21. The summed E-state index contributed by atoms with van der Waals surface area (Å²) in [5.74, 6) is 1.72. The molecule has 2 atom stereocenters. The van der Waals surface area contributed by atoms with Crippen LogP contribution in [-0.4, -0.2) is 31.2 Å². The predicted octanol–water partition coefficient (Wildman–Crippen LogP) is 2.52. The number of aromatic nitrogens is 2. The van der Waals surface area contributed by atoms with Gasteiger partial charge in [0.2, 0.25) is 10.0 Å². The molecule has 0 bridgehead atoms. The largest absolute Gasteiger partial charge is 0.364 e. The first kappa shape index (κ1) is 16.2. The first-order valence-electron chi connectivity index (χ1n) is 8.06. The van der Waals surface area contributed by atoms with Crippen molar-refractivity contribution in [1.29, 1.82) is 0 Å². The van der Waals surface area contributed by atoms with Gasteiger partial charge in [-0.2, -0.15) is 4.98 Å². The Morgan fingerprint density at radius 3 is 2.83 bits per heavy atom. The zero-order chi connectivity index (χ0) is 16.7. The lowest BCUT2D eigenvalue weighted by molar-refractivity contribution is 0.0290. The lowest BCUT2D eigenvalue weighted by Crippen LogP contribution is -2.31. The van der Waals surface area contributed by atoms with Crippen LogP contribution in [0.25, 0.3) is 0 Å². The maximum absolute atomic E-state index is 12.2. The molecule has 2 aromatic rings. The number of nitrogens with one attached hydrogen (secondary N) is 1. The summed E-state index contributed by atoms with van der Waals surface area (Å²) in [6.45, 7) is 2.13. The zero-order valence-corrected chi connectivity index (χ0v) is 14.9. The summed E-state index contributed by atoms with van der Waals surface area (Å²) in [5, 5.41) is 4.00. The van der Waals surface area contributed by atoms with Crippen molar-refractivity contribution >= 4 is 21.4 Å². The van der Waals surface area contributed by atoms with E-state index in [9.17, 15) is 8.42 Å². The van der Waals surface area contributed by atoms with E-state index < -0.39 is 10.0 Å². The third-order valence-electron chi connectivity index (χ3n) is 4.26. The molecular formula is C15H19N3O4S2. The van der Waals surface area contributed by atoms with E-state index in [0.29, 0.717) is 16.0 Å². The first-order chi connectivity index (χ1) is 11.5. The summed E-state index contributed by atoms with van der Waals surface area (Å²) >= 11 is 1.26. The van der Waals surface area contributed by atoms with E-state index in [0.717, 1.165) is 36.4 Å². The highest BCUT2D eigenvalue weighted by molar-refractivity contribution is 7.91. The van der Waals surface area contributed by atoms with E-state index in [-0.39, 0.29) is 18.8 Å². The van der Waals surface area contributed by atoms with E-state index >= 15 is 0 Å². The van der Waals surface area contributed by atoms with Gasteiger partial charge >= 0.3 is 0 Å². The minimum atomic E-state index is -3.47. The van der Waals surface area contributed by atoms with Crippen molar-refractivity contribution in [3.8, 4) is 0 Å². The number of sulfonamides is 1. The van der Waals surface area contributed by atoms with Gasteiger partial charge in [0.1, 0.15) is 10.3 Å². The molecule has 2 aliphatic rings. The Kier molecular flexibility index (Phi) is 4.19. The highest BCUT2D eigenvalue weighted by atomic mass is 32.2. The fourth-order valence-corrected chi connectivity index (χ4v) is 5.15. The van der Waals surface area contributed by atoms with Crippen LogP contribution in [0.5, 0.6) is 0 Å². The highest BCUT2D eigenvalue weighted by Gasteiger charge is 2.34. The van der Waals surface area contributed by atoms with E-state index in [2.05, 4.69) is 14.9 Å². The van der Waals surface area contributed by atoms with Crippen LogP contribution in [0.2, 0.25) is 0 Å². The molecule has 1 N–H and O–H groups in total. The highest BCUT2D eigenvalue weighted by Crippen LogP contribution is 2.39. The van der Waals surface area contributed by atoms with Crippen molar-refractivity contribution in [3.05, 3.63) is 28.7 Å². The standard InChI is InChI=1S/C15H19N3O4S2/c1-9-2-7-13(23-9)24(19,20)16-8-11-5-6-12(21-11)15-17-14(18-22-15)10-3-4-10/h2,7,10-12,16H,3-6,8H2,1H3/t11-,12+/m1/s1. The number of rotatable bonds is 6. The lowest BCUT2D eigenvalue weighted by atomic mass is 10.2. The van der Waals surface area contributed by atoms with E-state index in [1.54, 1.807) is 12.1 Å². The molecule has 4 rings (SSSR count). The number of aryl methyl sites for hydroxylation is 1. The van der Waals surface area contributed by atoms with Crippen molar-refractivity contribution in [1.82, 2.24) is 14.9 Å². The molecule has 24 heavy (non-hydrogen) atoms. The van der Waals surface area contributed by atoms with Crippen molar-refractivity contribution in [3.63, 3.8) is 0 Å². The summed E-state index contributed by atoms with van der Waals surface area (Å²) < 4.78 is 38.6. The fraction of sp³-hybridized carbons (Fsp3) is 0.600. The Bertz CT molecular complexity index is 825. The molecule has 1 aliphatic carbocycles. The molecule has 1 saturated carbocycles. The zero-order valence-electron chi connectivity index (χ0n) is 13.3. The monoisotopic (exact) mass is 369 g/mol. The van der Waals surface area contributed by atoms with Gasteiger partial charge < -0.3 is 9.26 Å². The Labute approximate surface area is 144 Å². The van der Waals surface area contributed by atoms with Crippen LogP contribution < -0.4 is 4.72 Å². The number of hydrogen-bond donors (Lipinski definition) is 1. The molecule has 0 spiro atoms. The molecular weight excluding hydrogens is 350 g/mol. The van der Waals surface area contributed by atoms with Gasteiger partial charge in [-0.25, -0.2) is 13.1 Å². The SMILES string of the molecule is Cc1ccc(S(=O)(=O)NC[C@H]2CC[C@@H](c3nc(C4CC4)no3)O2)s1. The number of thiophene rings is 1. The molecule has 0 unspecified atom stereocenters. The van der Waals surface area contributed by atoms with Crippen LogP contribution in [0.1, 0.15) is 54.3 Å². The molecule has 0 radical (unpaired) electrons.